The van der Waals surface area contributed by atoms with Crippen LogP contribution < -0.4 is 189 Å². The van der Waals surface area contributed by atoms with Gasteiger partial charge in [0, 0.05) is 277 Å². The van der Waals surface area contributed by atoms with E-state index in [0.29, 0.717) is 206 Å². The zero-order chi connectivity index (χ0) is 106. The van der Waals surface area contributed by atoms with Crippen molar-refractivity contribution in [1.29, 1.82) is 0 Å². The Bertz CT molecular complexity index is 4190. The number of nitrogens with two attached hydrogens (primary N) is 15. The normalized spacial score (nSPS) is 12.8. The third kappa shape index (κ3) is 101. The van der Waals surface area contributed by atoms with E-state index >= 15 is 0 Å². The molecular formula is C90H201F2N40O14S2-. The predicted octanol–water partition coefficient (Wildman–Crippen LogP) is -0.438. The Morgan fingerprint density at radius 3 is 0.926 bits per heavy atom. The number of halogens is 2. The first-order chi connectivity index (χ1) is 65.6. The molecule has 0 atom stereocenters. The Labute approximate surface area is 880 Å². The van der Waals surface area contributed by atoms with Crippen molar-refractivity contribution in [3.63, 3.8) is 0 Å². The summed E-state index contributed by atoms with van der Waals surface area (Å²) < 4.78 is 104. The minimum Gasteiger partial charge on any atom is -0.726 e. The highest BCUT2D eigenvalue weighted by Crippen LogP contribution is 2.15. The first kappa shape index (κ1) is 157. The van der Waals surface area contributed by atoms with Crippen LogP contribution in [0.5, 0.6) is 0 Å². The molecule has 0 fully saturated rings. The topological polar surface area (TPSA) is 1040 Å². The van der Waals surface area contributed by atoms with Crippen LogP contribution in [0.1, 0.15) is 144 Å². The van der Waals surface area contributed by atoms with E-state index in [-0.39, 0.29) is 151 Å². The van der Waals surface area contributed by atoms with Crippen molar-refractivity contribution in [3.8, 4) is 0 Å². The number of hydrazine groups is 4. The fourth-order valence-corrected chi connectivity index (χ4v) is 12.1. The summed E-state index contributed by atoms with van der Waals surface area (Å²) in [5.74, 6) is 23.7. The molecule has 0 amide bonds. The van der Waals surface area contributed by atoms with Gasteiger partial charge in [0.2, 0.25) is 10.4 Å². The number of aliphatic hydroxyl groups is 4. The average Bonchev–Trinajstić information content (AvgIpc) is 0.868. The summed E-state index contributed by atoms with van der Waals surface area (Å²) in [5.41, 5.74) is 81.6. The van der Waals surface area contributed by atoms with Gasteiger partial charge in [-0.3, -0.25) is 53.0 Å². The van der Waals surface area contributed by atoms with E-state index in [2.05, 4.69) is 167 Å². The van der Waals surface area contributed by atoms with E-state index in [9.17, 15) is 30.2 Å². The van der Waals surface area contributed by atoms with E-state index < -0.39 is 27.5 Å². The van der Waals surface area contributed by atoms with Crippen LogP contribution in [0.2, 0.25) is 0 Å². The summed E-state index contributed by atoms with van der Waals surface area (Å²) in [7, 11) is -9.06. The van der Waals surface area contributed by atoms with Gasteiger partial charge in [0.15, 0.2) is 0 Å². The number of benzene rings is 2. The fourth-order valence-electron chi connectivity index (χ4n) is 11.4. The largest absolute Gasteiger partial charge is 0.726 e. The average molecular weight is 2170 g/mol. The second-order valence-corrected chi connectivity index (χ2v) is 39.0. The van der Waals surface area contributed by atoms with Crippen molar-refractivity contribution in [1.82, 2.24) is 137 Å². The summed E-state index contributed by atoms with van der Waals surface area (Å²) in [6.45, 7) is 31.9. The fraction of sp³-hybridized carbons (Fsp3) is 0.600. The van der Waals surface area contributed by atoms with E-state index in [4.69, 9.17) is 121 Å². The van der Waals surface area contributed by atoms with E-state index in [1.54, 1.807) is 31.0 Å². The lowest BCUT2D eigenvalue weighted by atomic mass is 10.1. The molecular weight excluding hydrogens is 1970 g/mol. The Kier molecular flexibility index (Phi) is 95.9. The Morgan fingerprint density at radius 1 is 0.351 bits per heavy atom. The van der Waals surface area contributed by atoms with Gasteiger partial charge in [0.25, 0.3) is 0 Å². The molecule has 0 radical (unpaired) electrons. The number of ether oxygens (including phenoxy) is 2. The van der Waals surface area contributed by atoms with Crippen LogP contribution in [0.15, 0.2) is 191 Å². The number of hydrogen-bond acceptors (Lipinski definition) is 53. The SMILES string of the molecule is CC(C)(C)N/C=C(\N)CN(C/C(N)=C/N(N)Cc1ccc(CCCCOS(=O)(=O)O)cc1)C/C(=C/NC(C)(C)C)NN.CC(C)(C)N/C=C(\N)CN(C/C(N)=C/NCc1ccc(CCCF)cc1)C/C(N)=C/NC(C)(C)C.N.N.N.N.N.N.N.N.N/C(=C\NCCO)CN(C/C(N)=C/NCCO)C/C(N)=C/N(N)COCCCCOS(=O)(=O)[O-].N/C(=C\NCCO)CN(C/C(N)=C/NCCO)C/C(N)=C/N(N)COCCCF. The molecule has 0 aliphatic carbocycles. The molecule has 0 bridgehead atoms. The van der Waals surface area contributed by atoms with Crippen LogP contribution in [0, 0.1) is 0 Å². The molecule has 0 saturated carbocycles. The number of rotatable bonds is 71. The Balaban J connectivity index is -0.000000212. The molecule has 0 aliphatic heterocycles. The maximum Gasteiger partial charge on any atom is 0.397 e. The number of aryl methyl sites for hydroxylation is 2. The lowest BCUT2D eigenvalue weighted by Gasteiger charge is -2.27. The van der Waals surface area contributed by atoms with E-state index in [0.717, 1.165) is 47.2 Å². The summed E-state index contributed by atoms with van der Waals surface area (Å²) >= 11 is 0. The molecule has 58 heteroatoms. The van der Waals surface area contributed by atoms with Crippen LogP contribution >= 0.6 is 0 Å². The van der Waals surface area contributed by atoms with Crippen LogP contribution in [-0.4, -0.2) is 288 Å². The molecule has 54 nitrogen and oxygen atoms in total. The van der Waals surface area contributed by atoms with Gasteiger partial charge in [0.05, 0.1) is 71.8 Å². The first-order valence-corrected chi connectivity index (χ1v) is 48.7. The van der Waals surface area contributed by atoms with Gasteiger partial charge in [-0.15, -0.1) is 0 Å². The van der Waals surface area contributed by atoms with Gasteiger partial charge < -0.3 is 205 Å². The monoisotopic (exact) mass is 2170 g/mol. The van der Waals surface area contributed by atoms with Gasteiger partial charge in [0.1, 0.15) is 13.5 Å². The van der Waals surface area contributed by atoms with Crippen molar-refractivity contribution < 1.29 is 73.0 Å². The molecule has 0 aliphatic rings. The van der Waals surface area contributed by atoms with Gasteiger partial charge in [-0.25, -0.2) is 30.1 Å². The smallest absolute Gasteiger partial charge is 0.397 e. The first-order valence-electron chi connectivity index (χ1n) is 46.0. The summed E-state index contributed by atoms with van der Waals surface area (Å²) in [6.07, 6.45) is 24.7. The molecule has 0 heterocycles. The van der Waals surface area contributed by atoms with E-state index in [1.807, 2.05) is 77.2 Å². The predicted molar refractivity (Wildman–Crippen MR) is 592 cm³/mol. The van der Waals surface area contributed by atoms with Crippen LogP contribution in [0.25, 0.3) is 0 Å². The van der Waals surface area contributed by atoms with Crippen molar-refractivity contribution in [3.05, 3.63) is 214 Å². The van der Waals surface area contributed by atoms with Crippen molar-refractivity contribution in [2.75, 3.05) is 184 Å². The van der Waals surface area contributed by atoms with Gasteiger partial charge in [-0.1, -0.05) is 48.5 Å². The van der Waals surface area contributed by atoms with E-state index in [1.165, 1.54) is 27.4 Å². The second kappa shape index (κ2) is 90.2. The number of nitrogens with one attached hydrogen (secondary N) is 10. The zero-order valence-electron chi connectivity index (χ0n) is 90.3. The molecule has 0 spiro atoms. The molecule has 2 aromatic rings. The van der Waals surface area contributed by atoms with Crippen LogP contribution in [0.4, 0.5) is 8.78 Å². The number of nitrogens with zero attached hydrogens (tertiary/aromatic N) is 7. The third-order valence-corrected chi connectivity index (χ3v) is 18.4. The summed E-state index contributed by atoms with van der Waals surface area (Å²) in [5, 5.41) is 67.4. The Morgan fingerprint density at radius 2 is 0.615 bits per heavy atom. The molecule has 0 aromatic heterocycles. The molecule has 69 N–H and O–H groups in total. The minimum atomic E-state index is -4.68. The van der Waals surface area contributed by atoms with Gasteiger partial charge >= 0.3 is 10.4 Å². The molecule has 2 aromatic carbocycles. The number of hydrogen-bond donors (Lipinski definition) is 38. The van der Waals surface area contributed by atoms with Crippen molar-refractivity contribution >= 4 is 20.8 Å². The standard InChI is InChI=1S/C28H53N9O4S.C27H48FN7.C18H40N8O7S.C17H37FN8O3.8H3N/c1-27(2,3)33-15-24(29)18-36(21-26(35-31)16-34-28(4,5)6)19-25(30)20-37(32)17-23-12-10-22(11-13-23)9-7-8-14-41-42(38,39)40;1-26(2,3)33-16-24(30)19-35(20-25(31)17-34-27(4,5)6)18-23(29)15-32-14-22-11-9-21(10-12-22)8-7-13-28;19-16(9-23-3-5-27)11-25(12-17(20)10-24-4-6-28)13-18(21)14-26(22)15-32-7-1-2-8-33-34(29,30)31;18-2-1-7-29-14-26(22)13-17(21)12-25(10-15(19)8-23-3-5-27)11-16(20)9-24-4-6-28;;;;;;;;/h10-13,15-16,20,33-35H,7-9,14,17-19,21,29-32H2,1-6H3,(H,38,39,40);9-12,15-17,32-34H,7-8,13-14,18-20,29-31H2,1-6H3;9-10,14,23-24,27-28H,1-8,11-13,15,19-22H2,(H,29,30,31);8-9,13,23-24,27-28H,1-7,10-12,14,19-22H2;8*1H3/p-1/b24-15-,25-20-,26-16-;23-15-,24-16-,25-17-;16-9-,17-10-,18-14-;15-8-,16-9-,17-13-;;;;;;;;. The van der Waals surface area contributed by atoms with Crippen LogP contribution in [0.3, 0.4) is 0 Å². The lowest BCUT2D eigenvalue weighted by Crippen LogP contribution is -2.41. The highest BCUT2D eigenvalue weighted by Gasteiger charge is 2.19. The quantitative estimate of drug-likeness (QED) is 0.00997. The number of alkyl halides is 2. The minimum absolute atomic E-state index is 0. The zero-order valence-corrected chi connectivity index (χ0v) is 92.0. The molecule has 0 saturated heterocycles. The maximum absolute atomic E-state index is 12.3. The third-order valence-electron chi connectivity index (χ3n) is 17.5. The lowest BCUT2D eigenvalue weighted by molar-refractivity contribution is 0.0494. The van der Waals surface area contributed by atoms with Crippen LogP contribution in [-0.2, 0) is 64.6 Å². The van der Waals surface area contributed by atoms with Gasteiger partial charge in [-0.05, 0) is 157 Å². The highest BCUT2D eigenvalue weighted by molar-refractivity contribution is 7.81. The Hall–Kier alpha value is -10.8. The van der Waals surface area contributed by atoms with Crippen molar-refractivity contribution in [2.45, 2.75) is 170 Å². The second-order valence-electron chi connectivity index (χ2n) is 36.8. The molecule has 148 heavy (non-hydrogen) atoms. The molecule has 872 valence electrons. The highest BCUT2D eigenvalue weighted by atomic mass is 32.3. The summed E-state index contributed by atoms with van der Waals surface area (Å²) in [4.78, 5) is 7.91. The summed E-state index contributed by atoms with van der Waals surface area (Å²) in [6, 6.07) is 16.2. The maximum atomic E-state index is 12.3. The number of aliphatic hydroxyl groups excluding tert-OH is 4. The van der Waals surface area contributed by atoms with Gasteiger partial charge in [-0.2, -0.15) is 8.42 Å². The molecule has 2 rings (SSSR count). The number of unbranched alkanes of at least 4 members (excludes halogenated alkanes) is 2. The molecule has 0 unspecified atom stereocenters. The van der Waals surface area contributed by atoms with Crippen molar-refractivity contribution in [2.24, 2.45) is 86.4 Å².